The Morgan fingerprint density at radius 2 is 1.69 bits per heavy atom. The summed E-state index contributed by atoms with van der Waals surface area (Å²) < 4.78 is 0. The largest absolute Gasteiger partial charge is 0.387 e. The molecule has 0 aromatic heterocycles. The first-order valence-corrected chi connectivity index (χ1v) is 6.05. The van der Waals surface area contributed by atoms with Gasteiger partial charge >= 0.3 is 0 Å². The van der Waals surface area contributed by atoms with Gasteiger partial charge in [0.25, 0.3) is 0 Å². The lowest BCUT2D eigenvalue weighted by molar-refractivity contribution is 0.136. The van der Waals surface area contributed by atoms with E-state index in [1.165, 1.54) is 0 Å². The number of rotatable bonds is 4. The average molecular weight is 262 g/mol. The fourth-order valence-corrected chi connectivity index (χ4v) is 2.21. The summed E-state index contributed by atoms with van der Waals surface area (Å²) in [5, 5.41) is 11.1. The molecule has 1 rings (SSSR count). The number of benzene rings is 1. The molecular weight excluding hydrogens is 245 g/mol. The van der Waals surface area contributed by atoms with Crippen molar-refractivity contribution in [1.82, 2.24) is 0 Å². The second-order valence-corrected chi connectivity index (χ2v) is 5.31. The molecule has 0 heterocycles. The van der Waals surface area contributed by atoms with Gasteiger partial charge in [0.15, 0.2) is 0 Å². The molecule has 4 heteroatoms. The normalized spacial score (nSPS) is 15.2. The lowest BCUT2D eigenvalue weighted by atomic mass is 9.95. The van der Waals surface area contributed by atoms with Crippen molar-refractivity contribution in [3.63, 3.8) is 0 Å². The molecule has 0 saturated carbocycles. The van der Waals surface area contributed by atoms with E-state index in [9.17, 15) is 5.11 Å². The average Bonchev–Trinajstić information content (AvgIpc) is 2.13. The Kier molecular flexibility index (Phi) is 5.06. The summed E-state index contributed by atoms with van der Waals surface area (Å²) in [6.45, 7) is 4.13. The zero-order chi connectivity index (χ0) is 12.3. The van der Waals surface area contributed by atoms with Crippen molar-refractivity contribution < 1.29 is 5.11 Å². The van der Waals surface area contributed by atoms with Crippen LogP contribution in [0.1, 0.15) is 31.9 Å². The molecule has 0 spiro atoms. The molecule has 0 saturated heterocycles. The molecule has 0 aliphatic rings. The molecular formula is C12H17Cl2NO. The molecule has 0 fully saturated rings. The van der Waals surface area contributed by atoms with Crippen molar-refractivity contribution in [3.8, 4) is 0 Å². The van der Waals surface area contributed by atoms with Gasteiger partial charge in [0.05, 0.1) is 6.10 Å². The van der Waals surface area contributed by atoms with Gasteiger partial charge in [0, 0.05) is 16.1 Å². The fraction of sp³-hybridized carbons (Fsp3) is 0.500. The lowest BCUT2D eigenvalue weighted by Crippen LogP contribution is -2.29. The molecule has 2 atom stereocenters. The van der Waals surface area contributed by atoms with Crippen LogP contribution in [0.25, 0.3) is 0 Å². The quantitative estimate of drug-likeness (QED) is 0.873. The molecule has 1 aromatic rings. The smallest absolute Gasteiger partial charge is 0.0941 e. The van der Waals surface area contributed by atoms with Gasteiger partial charge in [-0.3, -0.25) is 0 Å². The number of aliphatic hydroxyl groups excluding tert-OH is 1. The minimum atomic E-state index is -0.724. The summed E-state index contributed by atoms with van der Waals surface area (Å²) in [5.41, 5.74) is 6.59. The Morgan fingerprint density at radius 3 is 2.12 bits per heavy atom. The highest BCUT2D eigenvalue weighted by Crippen LogP contribution is 2.26. The van der Waals surface area contributed by atoms with Crippen molar-refractivity contribution in [3.05, 3.63) is 33.8 Å². The predicted molar refractivity (Wildman–Crippen MR) is 68.9 cm³/mol. The van der Waals surface area contributed by atoms with Crippen LogP contribution in [0, 0.1) is 5.92 Å². The Balaban J connectivity index is 2.82. The van der Waals surface area contributed by atoms with E-state index in [0.717, 1.165) is 6.42 Å². The summed E-state index contributed by atoms with van der Waals surface area (Å²) in [5.74, 6) is 0.444. The monoisotopic (exact) mass is 261 g/mol. The maximum atomic E-state index is 10.0. The molecule has 2 unspecified atom stereocenters. The van der Waals surface area contributed by atoms with Crippen LogP contribution in [0.2, 0.25) is 10.0 Å². The van der Waals surface area contributed by atoms with Crippen molar-refractivity contribution in [1.29, 1.82) is 0 Å². The van der Waals surface area contributed by atoms with Crippen LogP contribution < -0.4 is 5.73 Å². The highest BCUT2D eigenvalue weighted by atomic mass is 35.5. The van der Waals surface area contributed by atoms with Crippen molar-refractivity contribution in [2.75, 3.05) is 0 Å². The van der Waals surface area contributed by atoms with Crippen LogP contribution in [0.15, 0.2) is 18.2 Å². The van der Waals surface area contributed by atoms with E-state index in [-0.39, 0.29) is 6.04 Å². The SMILES string of the molecule is CC(C)CC(N)C(O)c1cc(Cl)cc(Cl)c1. The predicted octanol–water partition coefficient (Wildman–Crippen LogP) is 3.40. The fourth-order valence-electron chi connectivity index (χ4n) is 1.67. The maximum absolute atomic E-state index is 10.0. The highest BCUT2D eigenvalue weighted by molar-refractivity contribution is 6.34. The minimum Gasteiger partial charge on any atom is -0.387 e. The first-order chi connectivity index (χ1) is 7.40. The van der Waals surface area contributed by atoms with E-state index in [4.69, 9.17) is 28.9 Å². The standard InChI is InChI=1S/C12H17Cl2NO/c1-7(2)3-11(15)12(16)8-4-9(13)6-10(14)5-8/h4-7,11-12,16H,3,15H2,1-2H3. The first-order valence-electron chi connectivity index (χ1n) is 5.29. The van der Waals surface area contributed by atoms with E-state index in [0.29, 0.717) is 21.5 Å². The van der Waals surface area contributed by atoms with Crippen LogP contribution in [0.4, 0.5) is 0 Å². The van der Waals surface area contributed by atoms with Gasteiger partial charge in [-0.1, -0.05) is 37.0 Å². The Hall–Kier alpha value is -0.280. The first kappa shape index (κ1) is 13.8. The van der Waals surface area contributed by atoms with E-state index in [2.05, 4.69) is 13.8 Å². The summed E-state index contributed by atoms with van der Waals surface area (Å²) in [6, 6.07) is 4.72. The Bertz CT molecular complexity index is 335. The summed E-state index contributed by atoms with van der Waals surface area (Å²) in [6.07, 6.45) is 0.0317. The number of halogens is 2. The molecule has 90 valence electrons. The second kappa shape index (κ2) is 5.87. The summed E-state index contributed by atoms with van der Waals surface area (Å²) in [7, 11) is 0. The third kappa shape index (κ3) is 3.95. The molecule has 0 bridgehead atoms. The second-order valence-electron chi connectivity index (χ2n) is 4.44. The van der Waals surface area contributed by atoms with Gasteiger partial charge < -0.3 is 10.8 Å². The Morgan fingerprint density at radius 1 is 1.19 bits per heavy atom. The molecule has 0 aliphatic heterocycles. The molecule has 0 amide bonds. The van der Waals surface area contributed by atoms with Crippen LogP contribution in [0.5, 0.6) is 0 Å². The Labute approximate surface area is 106 Å². The van der Waals surface area contributed by atoms with Gasteiger partial charge in [0.1, 0.15) is 0 Å². The molecule has 2 nitrogen and oxygen atoms in total. The van der Waals surface area contributed by atoms with Crippen LogP contribution >= 0.6 is 23.2 Å². The molecule has 16 heavy (non-hydrogen) atoms. The zero-order valence-electron chi connectivity index (χ0n) is 9.45. The van der Waals surface area contributed by atoms with Crippen molar-refractivity contribution in [2.45, 2.75) is 32.4 Å². The third-order valence-corrected chi connectivity index (χ3v) is 2.81. The van der Waals surface area contributed by atoms with Gasteiger partial charge in [-0.2, -0.15) is 0 Å². The molecule has 3 N–H and O–H groups in total. The minimum absolute atomic E-state index is 0.297. The van der Waals surface area contributed by atoms with Crippen molar-refractivity contribution >= 4 is 23.2 Å². The number of aliphatic hydroxyl groups is 1. The van der Waals surface area contributed by atoms with Gasteiger partial charge in [-0.15, -0.1) is 0 Å². The summed E-state index contributed by atoms with van der Waals surface area (Å²) >= 11 is 11.7. The number of hydrogen-bond acceptors (Lipinski definition) is 2. The van der Waals surface area contributed by atoms with E-state index in [1.807, 2.05) is 0 Å². The topological polar surface area (TPSA) is 46.2 Å². The van der Waals surface area contributed by atoms with Crippen LogP contribution in [-0.2, 0) is 0 Å². The van der Waals surface area contributed by atoms with Crippen LogP contribution in [0.3, 0.4) is 0 Å². The van der Waals surface area contributed by atoms with E-state index in [1.54, 1.807) is 18.2 Å². The summed E-state index contributed by atoms with van der Waals surface area (Å²) in [4.78, 5) is 0. The van der Waals surface area contributed by atoms with E-state index >= 15 is 0 Å². The van der Waals surface area contributed by atoms with E-state index < -0.39 is 6.10 Å². The highest BCUT2D eigenvalue weighted by Gasteiger charge is 2.18. The van der Waals surface area contributed by atoms with Crippen molar-refractivity contribution in [2.24, 2.45) is 11.7 Å². The van der Waals surface area contributed by atoms with Gasteiger partial charge in [-0.05, 0) is 36.1 Å². The number of hydrogen-bond donors (Lipinski definition) is 2. The zero-order valence-corrected chi connectivity index (χ0v) is 11.0. The maximum Gasteiger partial charge on any atom is 0.0941 e. The van der Waals surface area contributed by atoms with Crippen LogP contribution in [-0.4, -0.2) is 11.1 Å². The lowest BCUT2D eigenvalue weighted by Gasteiger charge is -2.21. The van der Waals surface area contributed by atoms with Gasteiger partial charge in [0.2, 0.25) is 0 Å². The molecule has 1 aromatic carbocycles. The third-order valence-electron chi connectivity index (χ3n) is 2.38. The molecule has 0 aliphatic carbocycles. The number of nitrogens with two attached hydrogens (primary N) is 1. The van der Waals surface area contributed by atoms with Gasteiger partial charge in [-0.25, -0.2) is 0 Å². The molecule has 0 radical (unpaired) electrons.